The number of nitrogens with zero attached hydrogens (tertiary/aromatic N) is 1. The highest BCUT2D eigenvalue weighted by Gasteiger charge is 2.14. The van der Waals surface area contributed by atoms with E-state index < -0.39 is 5.97 Å². The number of hydrogen-bond acceptors (Lipinski definition) is 5. The molecule has 0 atom stereocenters. The Balaban J connectivity index is 1.61. The number of hydrogen-bond donors (Lipinski definition) is 2. The third-order valence-electron chi connectivity index (χ3n) is 3.98. The average molecular weight is 382 g/mol. The van der Waals surface area contributed by atoms with E-state index in [0.29, 0.717) is 12.1 Å². The van der Waals surface area contributed by atoms with Crippen LogP contribution in [0.1, 0.15) is 21.7 Å². The van der Waals surface area contributed by atoms with Crippen LogP contribution in [0, 0.1) is 0 Å². The zero-order chi connectivity index (χ0) is 19.2. The molecule has 0 aliphatic carbocycles. The van der Waals surface area contributed by atoms with E-state index in [1.165, 1.54) is 0 Å². The van der Waals surface area contributed by atoms with Crippen LogP contribution in [-0.2, 0) is 11.2 Å². The van der Waals surface area contributed by atoms with Crippen molar-refractivity contribution in [1.82, 2.24) is 4.98 Å². The van der Waals surface area contributed by atoms with Crippen molar-refractivity contribution in [3.8, 4) is 17.0 Å². The second-order valence-electron chi connectivity index (χ2n) is 5.77. The Morgan fingerprint density at radius 3 is 2.70 bits per heavy atom. The van der Waals surface area contributed by atoms with Gasteiger partial charge in [0.2, 0.25) is 5.91 Å². The minimum atomic E-state index is -1.04. The number of aromatic nitrogens is 1. The summed E-state index contributed by atoms with van der Waals surface area (Å²) in [5.74, 6) is -0.525. The van der Waals surface area contributed by atoms with E-state index in [-0.39, 0.29) is 17.2 Å². The maximum atomic E-state index is 12.1. The van der Waals surface area contributed by atoms with Gasteiger partial charge in [-0.2, -0.15) is 0 Å². The van der Waals surface area contributed by atoms with Crippen molar-refractivity contribution in [3.05, 3.63) is 64.5 Å². The van der Waals surface area contributed by atoms with Gasteiger partial charge < -0.3 is 15.2 Å². The summed E-state index contributed by atoms with van der Waals surface area (Å²) in [7, 11) is 1.62. The second kappa shape index (κ2) is 8.46. The Morgan fingerprint density at radius 1 is 1.19 bits per heavy atom. The molecule has 2 N–H and O–H groups in total. The van der Waals surface area contributed by atoms with Crippen LogP contribution in [0.4, 0.5) is 5.69 Å². The first kappa shape index (κ1) is 18.6. The molecule has 2 heterocycles. The van der Waals surface area contributed by atoms with Gasteiger partial charge in [0.25, 0.3) is 0 Å². The van der Waals surface area contributed by atoms with Gasteiger partial charge in [0.15, 0.2) is 0 Å². The van der Waals surface area contributed by atoms with E-state index in [2.05, 4.69) is 10.3 Å². The molecule has 3 rings (SSSR count). The van der Waals surface area contributed by atoms with Crippen molar-refractivity contribution in [2.24, 2.45) is 0 Å². The molecule has 2 aromatic heterocycles. The standard InChI is InChI=1S/C20H18N2O4S/c1-26-17-5-3-2-4-14(17)15-8-6-13(12-21-15)7-9-18(23)22-16-10-11-27-19(16)20(24)25/h2-6,8,10-12H,7,9H2,1H3,(H,22,23)(H,24,25). The van der Waals surface area contributed by atoms with Crippen LogP contribution in [0.25, 0.3) is 11.3 Å². The number of aryl methyl sites for hydroxylation is 1. The van der Waals surface area contributed by atoms with Crippen molar-refractivity contribution in [2.75, 3.05) is 12.4 Å². The molecule has 7 heteroatoms. The molecule has 0 spiro atoms. The first-order chi connectivity index (χ1) is 13.1. The van der Waals surface area contributed by atoms with Gasteiger partial charge in [0.1, 0.15) is 10.6 Å². The van der Waals surface area contributed by atoms with Crippen molar-refractivity contribution in [1.29, 1.82) is 0 Å². The fourth-order valence-corrected chi connectivity index (χ4v) is 3.32. The van der Waals surface area contributed by atoms with Crippen LogP contribution < -0.4 is 10.1 Å². The van der Waals surface area contributed by atoms with Gasteiger partial charge in [-0.05, 0) is 41.6 Å². The number of aromatic carboxylic acids is 1. The van der Waals surface area contributed by atoms with Gasteiger partial charge in [-0.25, -0.2) is 4.79 Å². The fraction of sp³-hybridized carbons (Fsp3) is 0.150. The summed E-state index contributed by atoms with van der Waals surface area (Å²) in [4.78, 5) is 27.8. The van der Waals surface area contributed by atoms with Gasteiger partial charge in [0, 0.05) is 18.2 Å². The van der Waals surface area contributed by atoms with Gasteiger partial charge in [-0.1, -0.05) is 18.2 Å². The molecule has 0 fully saturated rings. The van der Waals surface area contributed by atoms with E-state index in [1.54, 1.807) is 24.8 Å². The molecule has 0 saturated heterocycles. The van der Waals surface area contributed by atoms with E-state index in [4.69, 9.17) is 9.84 Å². The van der Waals surface area contributed by atoms with E-state index >= 15 is 0 Å². The Bertz CT molecular complexity index is 951. The molecule has 0 saturated carbocycles. The number of carboxylic acid groups (broad SMARTS) is 1. The first-order valence-electron chi connectivity index (χ1n) is 8.27. The quantitative estimate of drug-likeness (QED) is 0.643. The van der Waals surface area contributed by atoms with Crippen molar-refractivity contribution >= 4 is 28.9 Å². The molecule has 0 bridgehead atoms. The van der Waals surface area contributed by atoms with Crippen LogP contribution in [0.2, 0.25) is 0 Å². The lowest BCUT2D eigenvalue weighted by Gasteiger charge is -2.08. The summed E-state index contributed by atoms with van der Waals surface area (Å²) in [6.45, 7) is 0. The minimum absolute atomic E-state index is 0.131. The van der Waals surface area contributed by atoms with Gasteiger partial charge in [0.05, 0.1) is 18.5 Å². The lowest BCUT2D eigenvalue weighted by Crippen LogP contribution is -2.13. The fourth-order valence-electron chi connectivity index (χ4n) is 2.63. The van der Waals surface area contributed by atoms with E-state index in [0.717, 1.165) is 33.9 Å². The molecule has 0 aliphatic rings. The molecule has 1 aromatic carbocycles. The van der Waals surface area contributed by atoms with Crippen molar-refractivity contribution < 1.29 is 19.4 Å². The lowest BCUT2D eigenvalue weighted by molar-refractivity contribution is -0.116. The summed E-state index contributed by atoms with van der Waals surface area (Å²) < 4.78 is 5.35. The number of rotatable bonds is 7. The Hall–Kier alpha value is -3.19. The number of methoxy groups -OCH3 is 1. The number of pyridine rings is 1. The zero-order valence-corrected chi connectivity index (χ0v) is 15.5. The maximum absolute atomic E-state index is 12.1. The minimum Gasteiger partial charge on any atom is -0.496 e. The maximum Gasteiger partial charge on any atom is 0.348 e. The highest BCUT2D eigenvalue weighted by atomic mass is 32.1. The van der Waals surface area contributed by atoms with Gasteiger partial charge in [-0.3, -0.25) is 9.78 Å². The smallest absolute Gasteiger partial charge is 0.348 e. The van der Waals surface area contributed by atoms with Crippen LogP contribution in [0.15, 0.2) is 54.0 Å². The number of carboxylic acids is 1. The lowest BCUT2D eigenvalue weighted by atomic mass is 10.1. The predicted molar refractivity (Wildman–Crippen MR) is 104 cm³/mol. The van der Waals surface area contributed by atoms with Crippen LogP contribution >= 0.6 is 11.3 Å². The zero-order valence-electron chi connectivity index (χ0n) is 14.6. The second-order valence-corrected chi connectivity index (χ2v) is 6.68. The third-order valence-corrected chi connectivity index (χ3v) is 4.88. The Kier molecular flexibility index (Phi) is 5.83. The Labute approximate surface area is 160 Å². The van der Waals surface area contributed by atoms with E-state index in [9.17, 15) is 9.59 Å². The molecular weight excluding hydrogens is 364 g/mol. The molecule has 3 aromatic rings. The SMILES string of the molecule is COc1ccccc1-c1ccc(CCC(=O)Nc2ccsc2C(=O)O)cn1. The number of ether oxygens (including phenoxy) is 1. The van der Waals surface area contributed by atoms with E-state index in [1.807, 2.05) is 36.4 Å². The molecule has 0 unspecified atom stereocenters. The molecule has 138 valence electrons. The largest absolute Gasteiger partial charge is 0.496 e. The monoisotopic (exact) mass is 382 g/mol. The summed E-state index contributed by atoms with van der Waals surface area (Å²) in [5, 5.41) is 13.4. The number of para-hydroxylation sites is 1. The number of anilines is 1. The molecule has 6 nitrogen and oxygen atoms in total. The third kappa shape index (κ3) is 4.51. The molecule has 27 heavy (non-hydrogen) atoms. The summed E-state index contributed by atoms with van der Waals surface area (Å²) in [5.41, 5.74) is 2.96. The van der Waals surface area contributed by atoms with Crippen LogP contribution in [0.3, 0.4) is 0 Å². The van der Waals surface area contributed by atoms with Gasteiger partial charge >= 0.3 is 5.97 Å². The normalized spacial score (nSPS) is 10.4. The number of carbonyl (C=O) groups excluding carboxylic acids is 1. The summed E-state index contributed by atoms with van der Waals surface area (Å²) in [6.07, 6.45) is 2.49. The topological polar surface area (TPSA) is 88.5 Å². The van der Waals surface area contributed by atoms with Crippen LogP contribution in [0.5, 0.6) is 5.75 Å². The predicted octanol–water partition coefficient (Wildman–Crippen LogP) is 4.09. The van der Waals surface area contributed by atoms with Gasteiger partial charge in [-0.15, -0.1) is 11.3 Å². The van der Waals surface area contributed by atoms with Crippen molar-refractivity contribution in [2.45, 2.75) is 12.8 Å². The molecule has 0 radical (unpaired) electrons. The number of thiophene rings is 1. The average Bonchev–Trinajstić information content (AvgIpc) is 3.15. The molecular formula is C20H18N2O4S. The van der Waals surface area contributed by atoms with Crippen molar-refractivity contribution in [3.63, 3.8) is 0 Å². The number of nitrogens with one attached hydrogen (secondary N) is 1. The number of benzene rings is 1. The number of carbonyl (C=O) groups is 2. The Morgan fingerprint density at radius 2 is 2.00 bits per heavy atom. The molecule has 1 amide bonds. The first-order valence-corrected chi connectivity index (χ1v) is 9.15. The van der Waals surface area contributed by atoms with Crippen LogP contribution in [-0.4, -0.2) is 29.1 Å². The summed E-state index contributed by atoms with van der Waals surface area (Å²) >= 11 is 1.08. The summed E-state index contributed by atoms with van der Waals surface area (Å²) in [6, 6.07) is 13.1. The molecule has 0 aliphatic heterocycles. The number of amides is 1. The highest BCUT2D eigenvalue weighted by Crippen LogP contribution is 2.28. The highest BCUT2D eigenvalue weighted by molar-refractivity contribution is 7.12.